The number of alkyl halides is 3. The first-order valence-electron chi connectivity index (χ1n) is 8.82. The highest BCUT2D eigenvalue weighted by Gasteiger charge is 2.34. The highest BCUT2D eigenvalue weighted by Crippen LogP contribution is 2.32. The van der Waals surface area contributed by atoms with Crippen LogP contribution in [-0.4, -0.2) is 41.3 Å². The van der Waals surface area contributed by atoms with Gasteiger partial charge in [-0.3, -0.25) is 9.59 Å². The molecule has 4 nitrogen and oxygen atoms in total. The molecule has 0 spiro atoms. The molecule has 0 radical (unpaired) electrons. The van der Waals surface area contributed by atoms with Gasteiger partial charge in [-0.15, -0.1) is 0 Å². The van der Waals surface area contributed by atoms with E-state index in [9.17, 15) is 27.2 Å². The molecule has 2 amide bonds. The van der Waals surface area contributed by atoms with Gasteiger partial charge in [0.1, 0.15) is 5.82 Å². The molecule has 3 rings (SSSR count). The molecule has 154 valence electrons. The summed E-state index contributed by atoms with van der Waals surface area (Å²) < 4.78 is 51.9. The lowest BCUT2D eigenvalue weighted by atomic mass is 10.1. The maximum atomic E-state index is 13.4. The van der Waals surface area contributed by atoms with Gasteiger partial charge in [-0.05, 0) is 48.9 Å². The molecule has 9 heteroatoms. The predicted octanol–water partition coefficient (Wildman–Crippen LogP) is 4.59. The lowest BCUT2D eigenvalue weighted by Gasteiger charge is -2.26. The Balaban J connectivity index is 1.77. The molecule has 2 aromatic carbocycles. The number of aryl methyl sites for hydroxylation is 1. The number of thioether (sulfide) groups is 1. The van der Waals surface area contributed by atoms with Crippen molar-refractivity contribution >= 4 is 29.3 Å². The number of nitrogens with one attached hydrogen (secondary N) is 1. The van der Waals surface area contributed by atoms with Crippen molar-refractivity contribution in [3.8, 4) is 0 Å². The van der Waals surface area contributed by atoms with Gasteiger partial charge in [0.15, 0.2) is 0 Å². The summed E-state index contributed by atoms with van der Waals surface area (Å²) >= 11 is 1.79. The number of rotatable bonds is 3. The Kier molecular flexibility index (Phi) is 6.16. The van der Waals surface area contributed by atoms with Gasteiger partial charge in [0.05, 0.1) is 5.56 Å². The predicted molar refractivity (Wildman–Crippen MR) is 104 cm³/mol. The van der Waals surface area contributed by atoms with Gasteiger partial charge in [-0.25, -0.2) is 4.39 Å². The third-order valence-electron chi connectivity index (χ3n) is 4.55. The van der Waals surface area contributed by atoms with Gasteiger partial charge in [0, 0.05) is 41.4 Å². The average molecular weight is 426 g/mol. The minimum Gasteiger partial charge on any atom is -0.337 e. The zero-order chi connectivity index (χ0) is 21.2. The van der Waals surface area contributed by atoms with Gasteiger partial charge in [-0.2, -0.15) is 24.9 Å². The van der Waals surface area contributed by atoms with Crippen molar-refractivity contribution in [2.75, 3.05) is 29.9 Å². The Morgan fingerprint density at radius 3 is 2.31 bits per heavy atom. The number of carbonyl (C=O) groups is 2. The van der Waals surface area contributed by atoms with Gasteiger partial charge in [0.2, 0.25) is 0 Å². The van der Waals surface area contributed by atoms with Crippen LogP contribution >= 0.6 is 11.8 Å². The molecule has 29 heavy (non-hydrogen) atoms. The van der Waals surface area contributed by atoms with E-state index in [0.29, 0.717) is 42.0 Å². The number of hydrogen-bond acceptors (Lipinski definition) is 3. The van der Waals surface area contributed by atoms with Crippen molar-refractivity contribution in [3.05, 3.63) is 64.5 Å². The van der Waals surface area contributed by atoms with Crippen LogP contribution in [0.3, 0.4) is 0 Å². The minimum atomic E-state index is -4.90. The van der Waals surface area contributed by atoms with E-state index in [1.165, 1.54) is 6.07 Å². The molecule has 0 atom stereocenters. The maximum absolute atomic E-state index is 13.4. The van der Waals surface area contributed by atoms with Gasteiger partial charge >= 0.3 is 6.18 Å². The van der Waals surface area contributed by atoms with Gasteiger partial charge < -0.3 is 10.2 Å². The standard InChI is InChI=1S/C20H18F4N2O2S/c1-12-10-14(19(28)26-6-8-29-9-7-26)3-5-17(12)25-18(27)13-2-4-16(21)15(11-13)20(22,23)24/h2-5,10-11H,6-9H2,1H3,(H,25,27). The number of nitrogens with zero attached hydrogens (tertiary/aromatic N) is 1. The summed E-state index contributed by atoms with van der Waals surface area (Å²) in [4.78, 5) is 26.7. The van der Waals surface area contributed by atoms with Crippen LogP contribution in [0.4, 0.5) is 23.2 Å². The zero-order valence-electron chi connectivity index (χ0n) is 15.5. The number of benzene rings is 2. The fourth-order valence-corrected chi connectivity index (χ4v) is 3.87. The third-order valence-corrected chi connectivity index (χ3v) is 5.50. The SMILES string of the molecule is Cc1cc(C(=O)N2CCSCC2)ccc1NC(=O)c1ccc(F)c(C(F)(F)F)c1. The number of hydrogen-bond donors (Lipinski definition) is 1. The molecule has 2 aromatic rings. The monoisotopic (exact) mass is 426 g/mol. The molecular weight excluding hydrogens is 408 g/mol. The smallest absolute Gasteiger partial charge is 0.337 e. The number of carbonyl (C=O) groups excluding carboxylic acids is 2. The van der Waals surface area contributed by atoms with E-state index in [1.54, 1.807) is 35.7 Å². The molecule has 1 heterocycles. The van der Waals surface area contributed by atoms with Crippen LogP contribution in [0.5, 0.6) is 0 Å². The fraction of sp³-hybridized carbons (Fsp3) is 0.300. The van der Waals surface area contributed by atoms with Crippen molar-refractivity contribution in [2.24, 2.45) is 0 Å². The van der Waals surface area contributed by atoms with Crippen LogP contribution in [0.2, 0.25) is 0 Å². The summed E-state index contributed by atoms with van der Waals surface area (Å²) in [5, 5.41) is 2.51. The van der Waals surface area contributed by atoms with Crippen LogP contribution in [0, 0.1) is 12.7 Å². The molecule has 1 saturated heterocycles. The van der Waals surface area contributed by atoms with Crippen LogP contribution in [0.1, 0.15) is 31.8 Å². The summed E-state index contributed by atoms with van der Waals surface area (Å²) in [5.41, 5.74) is -0.382. The Hall–Kier alpha value is -2.55. The summed E-state index contributed by atoms with van der Waals surface area (Å²) in [6, 6.07) is 6.81. The van der Waals surface area contributed by atoms with Crippen LogP contribution in [-0.2, 0) is 6.18 Å². The van der Waals surface area contributed by atoms with E-state index < -0.39 is 23.5 Å². The summed E-state index contributed by atoms with van der Waals surface area (Å²) in [5.74, 6) is -0.568. The molecule has 1 fully saturated rings. The molecule has 0 aliphatic carbocycles. The number of halogens is 4. The van der Waals surface area contributed by atoms with E-state index in [4.69, 9.17) is 0 Å². The second-order valence-electron chi connectivity index (χ2n) is 6.58. The van der Waals surface area contributed by atoms with E-state index in [2.05, 4.69) is 5.32 Å². The second-order valence-corrected chi connectivity index (χ2v) is 7.81. The van der Waals surface area contributed by atoms with Crippen molar-refractivity contribution in [1.82, 2.24) is 4.90 Å². The molecule has 1 aliphatic rings. The summed E-state index contributed by atoms with van der Waals surface area (Å²) in [7, 11) is 0. The van der Waals surface area contributed by atoms with E-state index in [-0.39, 0.29) is 11.5 Å². The first-order valence-corrected chi connectivity index (χ1v) is 9.98. The highest BCUT2D eigenvalue weighted by atomic mass is 32.2. The Morgan fingerprint density at radius 1 is 1.03 bits per heavy atom. The van der Waals surface area contributed by atoms with E-state index in [0.717, 1.165) is 17.6 Å². The second kappa shape index (κ2) is 8.44. The lowest BCUT2D eigenvalue weighted by Crippen LogP contribution is -2.37. The normalized spacial score (nSPS) is 14.6. The summed E-state index contributed by atoms with van der Waals surface area (Å²) in [6.07, 6.45) is -4.90. The zero-order valence-corrected chi connectivity index (χ0v) is 16.3. The van der Waals surface area contributed by atoms with Crippen molar-refractivity contribution in [1.29, 1.82) is 0 Å². The van der Waals surface area contributed by atoms with Crippen LogP contribution < -0.4 is 5.32 Å². The Labute approximate surface area is 169 Å². The van der Waals surface area contributed by atoms with Crippen molar-refractivity contribution < 1.29 is 27.2 Å². The van der Waals surface area contributed by atoms with Crippen molar-refractivity contribution in [2.45, 2.75) is 13.1 Å². The quantitative estimate of drug-likeness (QED) is 0.731. The molecule has 0 saturated carbocycles. The highest BCUT2D eigenvalue weighted by molar-refractivity contribution is 7.99. The summed E-state index contributed by atoms with van der Waals surface area (Å²) in [6.45, 7) is 3.03. The van der Waals surface area contributed by atoms with E-state index in [1.807, 2.05) is 0 Å². The van der Waals surface area contributed by atoms with Crippen molar-refractivity contribution in [3.63, 3.8) is 0 Å². The topological polar surface area (TPSA) is 49.4 Å². The number of anilines is 1. The molecular formula is C20H18F4N2O2S. The molecule has 0 unspecified atom stereocenters. The van der Waals surface area contributed by atoms with Gasteiger partial charge in [0.25, 0.3) is 11.8 Å². The first kappa shape index (κ1) is 21.2. The average Bonchev–Trinajstić information content (AvgIpc) is 2.69. The largest absolute Gasteiger partial charge is 0.419 e. The van der Waals surface area contributed by atoms with Crippen LogP contribution in [0.15, 0.2) is 36.4 Å². The fourth-order valence-electron chi connectivity index (χ4n) is 2.96. The van der Waals surface area contributed by atoms with E-state index >= 15 is 0 Å². The minimum absolute atomic E-state index is 0.0976. The molecule has 1 N–H and O–H groups in total. The molecule has 1 aliphatic heterocycles. The Bertz CT molecular complexity index is 941. The lowest BCUT2D eigenvalue weighted by molar-refractivity contribution is -0.140. The molecule has 0 bridgehead atoms. The maximum Gasteiger partial charge on any atom is 0.419 e. The van der Waals surface area contributed by atoms with Gasteiger partial charge in [-0.1, -0.05) is 0 Å². The third kappa shape index (κ3) is 4.90. The first-order chi connectivity index (χ1) is 13.7. The molecule has 0 aromatic heterocycles. The Morgan fingerprint density at radius 2 is 1.69 bits per heavy atom. The number of amides is 2. The van der Waals surface area contributed by atoms with Crippen LogP contribution in [0.25, 0.3) is 0 Å².